The van der Waals surface area contributed by atoms with Crippen molar-refractivity contribution in [2.45, 2.75) is 13.5 Å². The number of anilines is 1. The SMILES string of the molecule is Cc1ccc2nc(OCc3ccccc3)c([N+](=O)O)c(N3CCN(C(=O)c4ccco4)CC3)c2c1. The molecule has 0 unspecified atom stereocenters. The Morgan fingerprint density at radius 2 is 1.86 bits per heavy atom. The van der Waals surface area contributed by atoms with Gasteiger partial charge < -0.3 is 19.0 Å². The summed E-state index contributed by atoms with van der Waals surface area (Å²) < 4.78 is 11.2. The fourth-order valence-electron chi connectivity index (χ4n) is 4.34. The van der Waals surface area contributed by atoms with E-state index in [2.05, 4.69) is 4.98 Å². The third kappa shape index (κ3) is 4.52. The zero-order valence-electron chi connectivity index (χ0n) is 19.3. The molecule has 178 valence electrons. The number of piperazine rings is 1. The van der Waals surface area contributed by atoms with Gasteiger partial charge in [0, 0.05) is 31.6 Å². The van der Waals surface area contributed by atoms with E-state index in [-0.39, 0.29) is 29.0 Å². The van der Waals surface area contributed by atoms with E-state index in [1.165, 1.54) is 6.26 Å². The van der Waals surface area contributed by atoms with Crippen molar-refractivity contribution in [1.29, 1.82) is 0 Å². The van der Waals surface area contributed by atoms with Gasteiger partial charge in [-0.3, -0.25) is 4.79 Å². The first-order valence-corrected chi connectivity index (χ1v) is 11.4. The summed E-state index contributed by atoms with van der Waals surface area (Å²) in [7, 11) is 0. The molecule has 0 radical (unpaired) electrons. The average Bonchev–Trinajstić information content (AvgIpc) is 3.42. The molecule has 0 spiro atoms. The van der Waals surface area contributed by atoms with E-state index in [4.69, 9.17) is 9.15 Å². The van der Waals surface area contributed by atoms with E-state index in [0.29, 0.717) is 43.1 Å². The standard InChI is InChI=1S/C26H25N4O5/c1-18-9-10-21-20(16-18)23(28-11-13-29(14-12-28)26(31)22-8-5-15-34-22)24(30(32)33)25(27-21)35-17-19-6-3-2-4-7-19/h2-10,15-16H,11-14,17H2,1H3,(H,32,33)/q+1. The Balaban J connectivity index is 1.50. The van der Waals surface area contributed by atoms with Gasteiger partial charge in [0.2, 0.25) is 0 Å². The highest BCUT2D eigenvalue weighted by atomic mass is 16.6. The molecular weight excluding hydrogens is 448 g/mol. The molecular formula is C26H25N4O5+. The van der Waals surface area contributed by atoms with Crippen LogP contribution in [0.3, 0.4) is 0 Å². The molecule has 1 amide bonds. The van der Waals surface area contributed by atoms with Gasteiger partial charge in [-0.15, -0.1) is 0 Å². The maximum Gasteiger partial charge on any atom is 0.401 e. The van der Waals surface area contributed by atoms with Gasteiger partial charge in [-0.05, 0) is 36.8 Å². The van der Waals surface area contributed by atoms with Crippen LogP contribution in [0, 0.1) is 11.8 Å². The number of amides is 1. The molecule has 1 N–H and O–H groups in total. The number of aromatic nitrogens is 1. The second-order valence-electron chi connectivity index (χ2n) is 8.44. The Hall–Kier alpha value is -4.40. The van der Waals surface area contributed by atoms with Gasteiger partial charge in [-0.25, -0.2) is 10.2 Å². The van der Waals surface area contributed by atoms with E-state index in [0.717, 1.165) is 16.5 Å². The third-order valence-electron chi connectivity index (χ3n) is 6.08. The molecule has 1 fully saturated rings. The molecule has 0 bridgehead atoms. The lowest BCUT2D eigenvalue weighted by Crippen LogP contribution is -2.49. The molecule has 0 aliphatic carbocycles. The number of furan rings is 1. The summed E-state index contributed by atoms with van der Waals surface area (Å²) in [5.74, 6) is 0.165. The van der Waals surface area contributed by atoms with Gasteiger partial charge in [0.1, 0.15) is 12.3 Å². The van der Waals surface area contributed by atoms with Crippen LogP contribution in [0.25, 0.3) is 10.9 Å². The number of benzene rings is 2. The Labute approximate surface area is 201 Å². The number of nitrogens with zero attached hydrogens (tertiary/aromatic N) is 4. The second kappa shape index (κ2) is 9.46. The van der Waals surface area contributed by atoms with Crippen LogP contribution >= 0.6 is 0 Å². The minimum absolute atomic E-state index is 0.0480. The first-order chi connectivity index (χ1) is 17.0. The van der Waals surface area contributed by atoms with E-state index >= 15 is 0 Å². The van der Waals surface area contributed by atoms with Gasteiger partial charge in [0.15, 0.2) is 5.76 Å². The Morgan fingerprint density at radius 3 is 2.54 bits per heavy atom. The van der Waals surface area contributed by atoms with Crippen LogP contribution < -0.4 is 9.64 Å². The highest BCUT2D eigenvalue weighted by Gasteiger charge is 2.35. The Morgan fingerprint density at radius 1 is 1.09 bits per heavy atom. The molecule has 9 nitrogen and oxygen atoms in total. The lowest BCUT2D eigenvalue weighted by atomic mass is 10.1. The highest BCUT2D eigenvalue weighted by Crippen LogP contribution is 2.42. The Kier molecular flexibility index (Phi) is 6.05. The first kappa shape index (κ1) is 22.4. The number of fused-ring (bicyclic) bond motifs is 1. The smallest absolute Gasteiger partial charge is 0.401 e. The van der Waals surface area contributed by atoms with Gasteiger partial charge in [0.05, 0.1) is 16.7 Å². The maximum absolute atomic E-state index is 12.7. The van der Waals surface area contributed by atoms with Crippen LogP contribution in [-0.2, 0) is 6.61 Å². The van der Waals surface area contributed by atoms with Crippen molar-refractivity contribution >= 4 is 28.2 Å². The third-order valence-corrected chi connectivity index (χ3v) is 6.08. The lowest BCUT2D eigenvalue weighted by Gasteiger charge is -2.35. The quantitative estimate of drug-likeness (QED) is 0.412. The largest absolute Gasteiger partial charge is 0.468 e. The summed E-state index contributed by atoms with van der Waals surface area (Å²) in [6.07, 6.45) is 1.47. The molecule has 0 atom stereocenters. The van der Waals surface area contributed by atoms with Crippen LogP contribution in [0.4, 0.5) is 11.4 Å². The minimum atomic E-state index is -0.176. The number of hydrogen-bond acceptors (Lipinski definition) is 6. The fraction of sp³-hybridized carbons (Fsp3) is 0.231. The van der Waals surface area contributed by atoms with E-state index < -0.39 is 0 Å². The van der Waals surface area contributed by atoms with Gasteiger partial charge in [-0.2, -0.15) is 0 Å². The summed E-state index contributed by atoms with van der Waals surface area (Å²) in [5, 5.41) is 10.9. The summed E-state index contributed by atoms with van der Waals surface area (Å²) in [4.78, 5) is 33.2. The van der Waals surface area contributed by atoms with Crippen LogP contribution in [0.2, 0.25) is 0 Å². The number of pyridine rings is 1. The van der Waals surface area contributed by atoms with Crippen molar-refractivity contribution in [2.24, 2.45) is 0 Å². The molecule has 1 saturated heterocycles. The molecule has 9 heteroatoms. The number of ether oxygens (including phenoxy) is 1. The van der Waals surface area contributed by atoms with Crippen molar-refractivity contribution in [3.05, 3.63) is 88.7 Å². The summed E-state index contributed by atoms with van der Waals surface area (Å²) in [6, 6.07) is 18.6. The zero-order chi connectivity index (χ0) is 24.4. The summed E-state index contributed by atoms with van der Waals surface area (Å²) >= 11 is 0. The van der Waals surface area contributed by atoms with E-state index in [1.807, 2.05) is 60.4 Å². The van der Waals surface area contributed by atoms with Crippen LogP contribution in [0.1, 0.15) is 21.7 Å². The molecule has 1 aliphatic heterocycles. The van der Waals surface area contributed by atoms with Crippen LogP contribution in [-0.4, -0.2) is 52.1 Å². The van der Waals surface area contributed by atoms with Gasteiger partial charge in [-0.1, -0.05) is 42.0 Å². The predicted molar refractivity (Wildman–Crippen MR) is 129 cm³/mol. The number of carbonyl (C=O) groups excluding carboxylic acids is 1. The van der Waals surface area contributed by atoms with E-state index in [9.17, 15) is 14.9 Å². The monoisotopic (exact) mass is 473 g/mol. The average molecular weight is 474 g/mol. The summed E-state index contributed by atoms with van der Waals surface area (Å²) in [6.45, 7) is 3.92. The van der Waals surface area contributed by atoms with Crippen LogP contribution in [0.5, 0.6) is 5.88 Å². The molecule has 2 aromatic carbocycles. The normalized spacial score (nSPS) is 13.7. The molecule has 0 saturated carbocycles. The highest BCUT2D eigenvalue weighted by molar-refractivity contribution is 5.99. The van der Waals surface area contributed by atoms with Crippen molar-refractivity contribution in [3.8, 4) is 5.88 Å². The minimum Gasteiger partial charge on any atom is -0.468 e. The zero-order valence-corrected chi connectivity index (χ0v) is 19.3. The fourth-order valence-corrected chi connectivity index (χ4v) is 4.34. The maximum atomic E-state index is 12.7. The van der Waals surface area contributed by atoms with E-state index in [1.54, 1.807) is 17.0 Å². The molecule has 1 aliphatic rings. The number of aryl methyl sites for hydroxylation is 1. The van der Waals surface area contributed by atoms with Gasteiger partial charge in [0.25, 0.3) is 10.8 Å². The topological polar surface area (TPSA) is 99.1 Å². The number of carbonyl (C=O) groups is 1. The molecule has 35 heavy (non-hydrogen) atoms. The number of hydrogen-bond donors (Lipinski definition) is 1. The Bertz CT molecular complexity index is 1360. The first-order valence-electron chi connectivity index (χ1n) is 11.4. The number of rotatable bonds is 6. The molecule has 3 heterocycles. The van der Waals surface area contributed by atoms with Crippen molar-refractivity contribution in [2.75, 3.05) is 31.1 Å². The lowest BCUT2D eigenvalue weighted by molar-refractivity contribution is -0.729. The van der Waals surface area contributed by atoms with Crippen LogP contribution in [0.15, 0.2) is 71.3 Å². The van der Waals surface area contributed by atoms with Crippen molar-refractivity contribution in [1.82, 2.24) is 9.88 Å². The van der Waals surface area contributed by atoms with Gasteiger partial charge >= 0.3 is 11.6 Å². The molecule has 2 aromatic heterocycles. The summed E-state index contributed by atoms with van der Waals surface area (Å²) in [5.41, 5.74) is 3.03. The molecule has 4 aromatic rings. The molecule has 5 rings (SSSR count). The van der Waals surface area contributed by atoms with Crippen molar-refractivity contribution in [3.63, 3.8) is 0 Å². The predicted octanol–water partition coefficient (Wildman–Crippen LogP) is 4.48. The van der Waals surface area contributed by atoms with Crippen molar-refractivity contribution < 1.29 is 24.1 Å². The second-order valence-corrected chi connectivity index (χ2v) is 8.44.